The van der Waals surface area contributed by atoms with Gasteiger partial charge in [0, 0.05) is 11.1 Å². The van der Waals surface area contributed by atoms with Crippen LogP contribution in [0, 0.1) is 0 Å². The van der Waals surface area contributed by atoms with E-state index in [1.54, 1.807) is 48.5 Å². The molecule has 0 radical (unpaired) electrons. The number of hydrogen-bond acceptors (Lipinski definition) is 4. The predicted octanol–water partition coefficient (Wildman–Crippen LogP) is 14.7. The average Bonchev–Trinajstić information content (AvgIpc) is 3.65. The number of rotatable bonds is 10. The summed E-state index contributed by atoms with van der Waals surface area (Å²) in [4.78, 5) is 23.4. The van der Waals surface area contributed by atoms with Gasteiger partial charge in [0.15, 0.2) is 0 Å². The highest BCUT2D eigenvalue weighted by Crippen LogP contribution is 2.58. The summed E-state index contributed by atoms with van der Waals surface area (Å²) in [6.07, 6.45) is 0. The van der Waals surface area contributed by atoms with Crippen molar-refractivity contribution in [1.82, 2.24) is 0 Å². The highest BCUT2D eigenvalue weighted by atomic mass is 16.5. The lowest BCUT2D eigenvalue weighted by atomic mass is 9.67. The summed E-state index contributed by atoms with van der Waals surface area (Å²) in [6, 6.07) is 72.4. The van der Waals surface area contributed by atoms with E-state index in [1.165, 1.54) is 0 Å². The summed E-state index contributed by atoms with van der Waals surface area (Å²) >= 11 is 0. The third-order valence-electron chi connectivity index (χ3n) is 12.6. The molecule has 0 heterocycles. The number of hydrogen-bond donors (Lipinski definition) is 2. The quantitative estimate of drug-likeness (QED) is 0.142. The smallest absolute Gasteiger partial charge is 0.335 e. The fourth-order valence-electron chi connectivity index (χ4n) is 9.48. The monoisotopic (exact) mass is 842 g/mol. The van der Waals surface area contributed by atoms with Crippen LogP contribution >= 0.6 is 0 Å². The Morgan fingerprint density at radius 3 is 1.15 bits per heavy atom. The summed E-state index contributed by atoms with van der Waals surface area (Å²) in [5.41, 5.74) is 9.79. The first-order valence-corrected chi connectivity index (χ1v) is 21.3. The van der Waals surface area contributed by atoms with E-state index < -0.39 is 17.4 Å². The van der Waals surface area contributed by atoms with Gasteiger partial charge < -0.3 is 19.7 Å². The number of carbonyl (C=O) groups is 2. The van der Waals surface area contributed by atoms with E-state index in [0.717, 1.165) is 77.2 Å². The summed E-state index contributed by atoms with van der Waals surface area (Å²) in [5, 5.41) is 23.6. The van der Waals surface area contributed by atoms with Crippen LogP contribution in [-0.2, 0) is 5.41 Å². The molecule has 310 valence electrons. The van der Waals surface area contributed by atoms with Crippen LogP contribution in [-0.4, -0.2) is 22.2 Å². The van der Waals surface area contributed by atoms with Crippen molar-refractivity contribution < 1.29 is 29.3 Å². The Morgan fingerprint density at radius 2 is 0.738 bits per heavy atom. The maximum Gasteiger partial charge on any atom is 0.335 e. The lowest BCUT2D eigenvalue weighted by Crippen LogP contribution is -2.28. The van der Waals surface area contributed by atoms with Gasteiger partial charge in [-0.05, 0) is 151 Å². The Balaban J connectivity index is 1.16. The van der Waals surface area contributed by atoms with E-state index >= 15 is 0 Å². The molecule has 0 saturated heterocycles. The van der Waals surface area contributed by atoms with Crippen LogP contribution in [0.3, 0.4) is 0 Å². The van der Waals surface area contributed by atoms with Crippen LogP contribution in [0.2, 0.25) is 0 Å². The van der Waals surface area contributed by atoms with Crippen molar-refractivity contribution in [2.45, 2.75) is 5.41 Å². The van der Waals surface area contributed by atoms with E-state index in [0.29, 0.717) is 23.0 Å². The van der Waals surface area contributed by atoms with Gasteiger partial charge in [-0.1, -0.05) is 133 Å². The molecule has 6 nitrogen and oxygen atoms in total. The molecule has 0 saturated carbocycles. The molecule has 10 aromatic rings. The lowest BCUT2D eigenvalue weighted by Gasteiger charge is -2.35. The molecular weight excluding hydrogens is 805 g/mol. The van der Waals surface area contributed by atoms with E-state index in [9.17, 15) is 19.8 Å². The first kappa shape index (κ1) is 39.1. The Labute approximate surface area is 374 Å². The van der Waals surface area contributed by atoms with Crippen molar-refractivity contribution in [3.63, 3.8) is 0 Å². The van der Waals surface area contributed by atoms with Crippen LogP contribution in [0.5, 0.6) is 23.0 Å². The summed E-state index contributed by atoms with van der Waals surface area (Å²) in [6.45, 7) is 0. The molecule has 0 fully saturated rings. The largest absolute Gasteiger partial charge is 0.478 e. The third-order valence-corrected chi connectivity index (χ3v) is 12.6. The van der Waals surface area contributed by atoms with E-state index in [-0.39, 0.29) is 11.1 Å². The lowest BCUT2D eigenvalue weighted by molar-refractivity contribution is 0.0686. The average molecular weight is 843 g/mol. The van der Waals surface area contributed by atoms with Crippen molar-refractivity contribution in [2.24, 2.45) is 0 Å². The van der Waals surface area contributed by atoms with Crippen LogP contribution < -0.4 is 9.47 Å². The maximum atomic E-state index is 11.7. The minimum Gasteiger partial charge on any atom is -0.478 e. The minimum absolute atomic E-state index is 0.179. The molecule has 0 aromatic heterocycles. The molecule has 10 aromatic carbocycles. The number of carboxylic acids is 2. The van der Waals surface area contributed by atoms with Gasteiger partial charge in [-0.2, -0.15) is 0 Å². The number of benzene rings is 10. The number of ether oxygens (including phenoxy) is 2. The normalized spacial score (nSPS) is 12.4. The van der Waals surface area contributed by atoms with Crippen LogP contribution in [0.15, 0.2) is 218 Å². The zero-order valence-corrected chi connectivity index (χ0v) is 34.8. The molecule has 0 bridgehead atoms. The Kier molecular flexibility index (Phi) is 9.55. The van der Waals surface area contributed by atoms with Gasteiger partial charge in [0.25, 0.3) is 0 Å². The van der Waals surface area contributed by atoms with Gasteiger partial charge in [0.1, 0.15) is 23.0 Å². The van der Waals surface area contributed by atoms with Crippen LogP contribution in [0.1, 0.15) is 43.0 Å². The second kappa shape index (κ2) is 15.9. The Morgan fingerprint density at radius 1 is 0.354 bits per heavy atom. The molecule has 0 atom stereocenters. The first-order valence-electron chi connectivity index (χ1n) is 21.3. The highest BCUT2D eigenvalue weighted by molar-refractivity contribution is 5.93. The van der Waals surface area contributed by atoms with Gasteiger partial charge >= 0.3 is 11.9 Å². The molecule has 0 spiro atoms. The molecule has 6 heteroatoms. The molecule has 11 rings (SSSR count). The number of fused-ring (bicyclic) bond motifs is 5. The van der Waals surface area contributed by atoms with E-state index in [1.807, 2.05) is 36.4 Å². The molecule has 2 N–H and O–H groups in total. The van der Waals surface area contributed by atoms with Crippen molar-refractivity contribution in [1.29, 1.82) is 0 Å². The molecule has 0 amide bonds. The van der Waals surface area contributed by atoms with Gasteiger partial charge in [-0.15, -0.1) is 0 Å². The number of aromatic carboxylic acids is 2. The standard InChI is InChI=1S/C59H38O6/c60-57(61)39-21-27-47(28-22-39)64-55-31-25-45(35-51(55)43-19-17-37-9-1-3-11-41(37)33-43)59(53-15-7-5-13-49(53)50-14-6-8-16-54(50)59)46-26-32-56(65-48-29-23-40(24-30-48)58(62)63)52(36-46)44-20-18-38-10-2-4-12-42(38)34-44/h1-36H,(H,60,61)(H,62,63). The third kappa shape index (κ3) is 6.85. The van der Waals surface area contributed by atoms with E-state index in [4.69, 9.17) is 9.47 Å². The first-order chi connectivity index (χ1) is 31.8. The van der Waals surface area contributed by atoms with Crippen molar-refractivity contribution in [2.75, 3.05) is 0 Å². The second-order valence-electron chi connectivity index (χ2n) is 16.3. The predicted molar refractivity (Wildman–Crippen MR) is 257 cm³/mol. The van der Waals surface area contributed by atoms with Crippen LogP contribution in [0.4, 0.5) is 0 Å². The Hall–Kier alpha value is -8.74. The van der Waals surface area contributed by atoms with Gasteiger partial charge in [0.05, 0.1) is 16.5 Å². The van der Waals surface area contributed by atoms with Crippen molar-refractivity contribution in [3.05, 3.63) is 252 Å². The molecule has 1 aliphatic carbocycles. The summed E-state index contributed by atoms with van der Waals surface area (Å²) in [5.74, 6) is 0.275. The zero-order valence-electron chi connectivity index (χ0n) is 34.8. The summed E-state index contributed by atoms with van der Waals surface area (Å²) in [7, 11) is 0. The van der Waals surface area contributed by atoms with Crippen molar-refractivity contribution >= 4 is 33.5 Å². The molecule has 0 unspecified atom stereocenters. The molecular formula is C59H38O6. The fourth-order valence-corrected chi connectivity index (χ4v) is 9.48. The van der Waals surface area contributed by atoms with Gasteiger partial charge in [-0.25, -0.2) is 9.59 Å². The number of carboxylic acid groups (broad SMARTS) is 2. The maximum absolute atomic E-state index is 11.7. The second-order valence-corrected chi connectivity index (χ2v) is 16.3. The van der Waals surface area contributed by atoms with Crippen LogP contribution in [0.25, 0.3) is 54.9 Å². The van der Waals surface area contributed by atoms with Crippen molar-refractivity contribution in [3.8, 4) is 56.4 Å². The van der Waals surface area contributed by atoms with E-state index in [2.05, 4.69) is 133 Å². The molecule has 1 aliphatic rings. The molecule has 0 aliphatic heterocycles. The summed E-state index contributed by atoms with van der Waals surface area (Å²) < 4.78 is 13.3. The SMILES string of the molecule is O=C(O)c1ccc(Oc2ccc(C3(c4ccc(Oc5ccc(C(=O)O)cc5)c(-c5ccc6ccccc6c5)c4)c4ccccc4-c4ccccc43)cc2-c2ccc3ccccc3c2)cc1. The zero-order chi connectivity index (χ0) is 44.1. The molecule has 65 heavy (non-hydrogen) atoms. The van der Waals surface area contributed by atoms with Gasteiger partial charge in [0.2, 0.25) is 0 Å². The highest BCUT2D eigenvalue weighted by Gasteiger charge is 2.46. The fraction of sp³-hybridized carbons (Fsp3) is 0.0169. The topological polar surface area (TPSA) is 93.1 Å². The Bertz CT molecular complexity index is 3260. The minimum atomic E-state index is -1.00. The van der Waals surface area contributed by atoms with Gasteiger partial charge in [-0.3, -0.25) is 0 Å².